The molecular formula is C13H16N2O3. The van der Waals surface area contributed by atoms with Crippen molar-refractivity contribution >= 4 is 17.5 Å². The first-order valence-corrected chi connectivity index (χ1v) is 5.85. The topological polar surface area (TPSA) is 58.6 Å². The van der Waals surface area contributed by atoms with Crippen LogP contribution in [0.3, 0.4) is 0 Å². The van der Waals surface area contributed by atoms with Crippen LogP contribution in [0.4, 0.5) is 5.69 Å². The van der Waals surface area contributed by atoms with Crippen LogP contribution in [0.25, 0.3) is 0 Å². The predicted molar refractivity (Wildman–Crippen MR) is 67.0 cm³/mol. The predicted octanol–water partition coefficient (Wildman–Crippen LogP) is 1.49. The lowest BCUT2D eigenvalue weighted by atomic mass is 9.93. The van der Waals surface area contributed by atoms with Crippen LogP contribution in [0.5, 0.6) is 5.75 Å². The van der Waals surface area contributed by atoms with Gasteiger partial charge in [0.05, 0.1) is 12.3 Å². The number of ether oxygens (including phenoxy) is 1. The van der Waals surface area contributed by atoms with E-state index in [4.69, 9.17) is 4.74 Å². The summed E-state index contributed by atoms with van der Waals surface area (Å²) in [5, 5.41) is 1.28. The van der Waals surface area contributed by atoms with Crippen molar-refractivity contribution < 1.29 is 14.3 Å². The van der Waals surface area contributed by atoms with Gasteiger partial charge in [-0.2, -0.15) is 0 Å². The Morgan fingerprint density at radius 2 is 1.83 bits per heavy atom. The molecule has 0 aliphatic carbocycles. The van der Waals surface area contributed by atoms with Crippen LogP contribution >= 0.6 is 0 Å². The Bertz CT molecular complexity index is 480. The Kier molecular flexibility index (Phi) is 2.98. The van der Waals surface area contributed by atoms with E-state index in [1.165, 1.54) is 5.01 Å². The van der Waals surface area contributed by atoms with Gasteiger partial charge in [0.15, 0.2) is 0 Å². The van der Waals surface area contributed by atoms with E-state index in [1.54, 1.807) is 38.1 Å². The number of carbonyl (C=O) groups is 2. The van der Waals surface area contributed by atoms with Crippen molar-refractivity contribution in [2.75, 3.05) is 11.6 Å². The summed E-state index contributed by atoms with van der Waals surface area (Å²) in [6, 6.07) is 7.02. The highest BCUT2D eigenvalue weighted by atomic mass is 16.5. The number of nitrogens with zero attached hydrogens (tertiary/aromatic N) is 1. The van der Waals surface area contributed by atoms with E-state index in [0.29, 0.717) is 12.3 Å². The normalized spacial score (nSPS) is 17.8. The van der Waals surface area contributed by atoms with Crippen LogP contribution in [0.15, 0.2) is 24.3 Å². The number of rotatable bonds is 3. The molecule has 1 aliphatic heterocycles. The average molecular weight is 248 g/mol. The Morgan fingerprint density at radius 1 is 1.22 bits per heavy atom. The minimum atomic E-state index is -1.02. The fraction of sp³-hybridized carbons (Fsp3) is 0.385. The zero-order valence-electron chi connectivity index (χ0n) is 10.7. The Labute approximate surface area is 106 Å². The fourth-order valence-corrected chi connectivity index (χ4v) is 1.71. The lowest BCUT2D eigenvalue weighted by Crippen LogP contribution is -2.36. The molecule has 1 saturated heterocycles. The summed E-state index contributed by atoms with van der Waals surface area (Å²) < 4.78 is 5.32. The fourth-order valence-electron chi connectivity index (χ4n) is 1.71. The third kappa shape index (κ3) is 1.92. The Balaban J connectivity index is 2.23. The number of hydrazine groups is 1. The average Bonchev–Trinajstić information content (AvgIpc) is 2.55. The van der Waals surface area contributed by atoms with Crippen molar-refractivity contribution in [2.24, 2.45) is 5.41 Å². The van der Waals surface area contributed by atoms with Gasteiger partial charge in [0.1, 0.15) is 11.2 Å². The largest absolute Gasteiger partial charge is 0.494 e. The van der Waals surface area contributed by atoms with E-state index < -0.39 is 5.41 Å². The third-order valence-corrected chi connectivity index (χ3v) is 2.92. The summed E-state index contributed by atoms with van der Waals surface area (Å²) >= 11 is 0. The van der Waals surface area contributed by atoms with Crippen LogP contribution in [-0.2, 0) is 9.59 Å². The number of nitrogens with one attached hydrogen (secondary N) is 1. The van der Waals surface area contributed by atoms with E-state index in [9.17, 15) is 9.59 Å². The molecule has 1 heterocycles. The molecule has 96 valence electrons. The Morgan fingerprint density at radius 3 is 2.28 bits per heavy atom. The standard InChI is InChI=1S/C13H16N2O3/c1-4-18-10-7-5-9(6-8-10)15-12(17)13(2,3)11(16)14-15/h5-8H,4H2,1-3H3,(H,14,16). The van der Waals surface area contributed by atoms with Crippen LogP contribution in [0, 0.1) is 5.41 Å². The quantitative estimate of drug-likeness (QED) is 0.824. The molecule has 5 heteroatoms. The number of amides is 2. The van der Waals surface area contributed by atoms with Gasteiger partial charge in [-0.15, -0.1) is 0 Å². The van der Waals surface area contributed by atoms with E-state index in [1.807, 2.05) is 6.92 Å². The van der Waals surface area contributed by atoms with E-state index in [2.05, 4.69) is 5.43 Å². The van der Waals surface area contributed by atoms with Gasteiger partial charge in [0.25, 0.3) is 11.8 Å². The summed E-state index contributed by atoms with van der Waals surface area (Å²) in [6.07, 6.45) is 0. The first-order valence-electron chi connectivity index (χ1n) is 5.85. The number of hydrogen-bond donors (Lipinski definition) is 1. The van der Waals surface area contributed by atoms with E-state index >= 15 is 0 Å². The molecule has 0 unspecified atom stereocenters. The number of hydrogen-bond acceptors (Lipinski definition) is 3. The van der Waals surface area contributed by atoms with Gasteiger partial charge in [0, 0.05) is 0 Å². The molecule has 18 heavy (non-hydrogen) atoms. The van der Waals surface area contributed by atoms with Crippen LogP contribution in [0.2, 0.25) is 0 Å². The zero-order valence-corrected chi connectivity index (χ0v) is 10.7. The van der Waals surface area contributed by atoms with Crippen molar-refractivity contribution in [3.05, 3.63) is 24.3 Å². The highest BCUT2D eigenvalue weighted by molar-refractivity contribution is 6.17. The molecule has 2 rings (SSSR count). The molecule has 0 saturated carbocycles. The molecule has 0 atom stereocenters. The summed E-state index contributed by atoms with van der Waals surface area (Å²) in [6.45, 7) is 5.71. The maximum absolute atomic E-state index is 12.1. The second-order valence-corrected chi connectivity index (χ2v) is 4.63. The second kappa shape index (κ2) is 4.33. The third-order valence-electron chi connectivity index (χ3n) is 2.92. The monoisotopic (exact) mass is 248 g/mol. The highest BCUT2D eigenvalue weighted by Gasteiger charge is 2.47. The van der Waals surface area contributed by atoms with Gasteiger partial charge in [-0.3, -0.25) is 15.0 Å². The van der Waals surface area contributed by atoms with Gasteiger partial charge in [-0.1, -0.05) is 0 Å². The van der Waals surface area contributed by atoms with Gasteiger partial charge >= 0.3 is 0 Å². The molecule has 0 aromatic heterocycles. The first kappa shape index (κ1) is 12.4. The maximum atomic E-state index is 12.1. The van der Waals surface area contributed by atoms with E-state index in [-0.39, 0.29) is 11.8 Å². The molecule has 1 aliphatic rings. The van der Waals surface area contributed by atoms with Gasteiger partial charge < -0.3 is 4.74 Å². The molecule has 1 fully saturated rings. The van der Waals surface area contributed by atoms with Gasteiger partial charge in [-0.25, -0.2) is 5.01 Å². The molecule has 0 spiro atoms. The molecule has 5 nitrogen and oxygen atoms in total. The van der Waals surface area contributed by atoms with Crippen LogP contribution < -0.4 is 15.2 Å². The molecule has 0 radical (unpaired) electrons. The van der Waals surface area contributed by atoms with Crippen molar-refractivity contribution in [1.82, 2.24) is 5.43 Å². The molecule has 1 N–H and O–H groups in total. The maximum Gasteiger partial charge on any atom is 0.260 e. The lowest BCUT2D eigenvalue weighted by molar-refractivity contribution is -0.133. The van der Waals surface area contributed by atoms with Gasteiger partial charge in [0.2, 0.25) is 0 Å². The van der Waals surface area contributed by atoms with Crippen LogP contribution in [0.1, 0.15) is 20.8 Å². The van der Waals surface area contributed by atoms with Gasteiger partial charge in [-0.05, 0) is 45.0 Å². The molecular weight excluding hydrogens is 232 g/mol. The molecule has 1 aromatic rings. The lowest BCUT2D eigenvalue weighted by Gasteiger charge is -2.17. The zero-order chi connectivity index (χ0) is 13.3. The smallest absolute Gasteiger partial charge is 0.260 e. The second-order valence-electron chi connectivity index (χ2n) is 4.63. The summed E-state index contributed by atoms with van der Waals surface area (Å²) in [5.74, 6) is 0.191. The number of benzene rings is 1. The first-order chi connectivity index (χ1) is 8.46. The minimum absolute atomic E-state index is 0.253. The van der Waals surface area contributed by atoms with Crippen molar-refractivity contribution in [2.45, 2.75) is 20.8 Å². The van der Waals surface area contributed by atoms with Crippen LogP contribution in [-0.4, -0.2) is 18.4 Å². The SMILES string of the molecule is CCOc1ccc(N2NC(=O)C(C)(C)C2=O)cc1. The van der Waals surface area contributed by atoms with E-state index in [0.717, 1.165) is 5.75 Å². The summed E-state index contributed by atoms with van der Waals surface area (Å²) in [7, 11) is 0. The highest BCUT2D eigenvalue weighted by Crippen LogP contribution is 2.29. The van der Waals surface area contributed by atoms with Crippen molar-refractivity contribution in [1.29, 1.82) is 0 Å². The summed E-state index contributed by atoms with van der Waals surface area (Å²) in [5.41, 5.74) is 2.18. The summed E-state index contributed by atoms with van der Waals surface area (Å²) in [4.78, 5) is 23.7. The van der Waals surface area contributed by atoms with Crippen molar-refractivity contribution in [3.8, 4) is 5.75 Å². The number of anilines is 1. The molecule has 1 aromatic carbocycles. The minimum Gasteiger partial charge on any atom is -0.494 e. The number of carbonyl (C=O) groups excluding carboxylic acids is 2. The molecule has 0 bridgehead atoms. The Hall–Kier alpha value is -2.04. The van der Waals surface area contributed by atoms with Crippen molar-refractivity contribution in [3.63, 3.8) is 0 Å². The molecule has 2 amide bonds.